The Bertz CT molecular complexity index is 676. The summed E-state index contributed by atoms with van der Waals surface area (Å²) in [5.74, 6) is 6.08. The van der Waals surface area contributed by atoms with E-state index in [1.165, 1.54) is 64.2 Å². The minimum atomic E-state index is -0.0904. The summed E-state index contributed by atoms with van der Waals surface area (Å²) in [6.45, 7) is 14.2. The number of hydrogen-bond acceptors (Lipinski definition) is 2. The normalized spacial score (nSPS) is 46.8. The van der Waals surface area contributed by atoms with Crippen molar-refractivity contribution < 1.29 is 9.53 Å². The number of esters is 1. The van der Waals surface area contributed by atoms with Crippen LogP contribution in [0.3, 0.4) is 0 Å². The molecule has 184 valence electrons. The minimum Gasteiger partial charge on any atom is -0.461 e. The average molecular weight is 557 g/mol. The number of ether oxygens (including phenoxy) is 1. The van der Waals surface area contributed by atoms with Crippen molar-refractivity contribution in [2.45, 2.75) is 122 Å². The van der Waals surface area contributed by atoms with Crippen molar-refractivity contribution in [1.82, 2.24) is 0 Å². The second-order valence-electron chi connectivity index (χ2n) is 13.3. The van der Waals surface area contributed by atoms with Crippen molar-refractivity contribution in [3.8, 4) is 0 Å². The van der Waals surface area contributed by atoms with Gasteiger partial charge in [-0.1, -0.05) is 76.5 Å². The molecule has 0 aromatic rings. The molecule has 0 saturated heterocycles. The highest BCUT2D eigenvalue weighted by Gasteiger charge is 2.61. The van der Waals surface area contributed by atoms with Gasteiger partial charge in [0.1, 0.15) is 6.10 Å². The molecule has 3 heteroatoms. The van der Waals surface area contributed by atoms with E-state index in [9.17, 15) is 4.79 Å². The van der Waals surface area contributed by atoms with Crippen molar-refractivity contribution >= 4 is 28.6 Å². The highest BCUT2D eigenvalue weighted by Crippen LogP contribution is 2.68. The van der Waals surface area contributed by atoms with E-state index in [-0.39, 0.29) is 12.1 Å². The van der Waals surface area contributed by atoms with E-state index in [1.807, 2.05) is 0 Å². The third kappa shape index (κ3) is 4.55. The van der Waals surface area contributed by atoms with Gasteiger partial charge < -0.3 is 4.74 Å². The number of hydrogen-bond donors (Lipinski definition) is 0. The fourth-order valence-corrected chi connectivity index (χ4v) is 10.6. The number of carbonyl (C=O) groups is 1. The molecule has 0 aromatic carbocycles. The molecular formula is C29H49IO2. The van der Waals surface area contributed by atoms with Crippen LogP contribution < -0.4 is 0 Å². The van der Waals surface area contributed by atoms with Gasteiger partial charge in [-0.05, 0) is 104 Å². The summed E-state index contributed by atoms with van der Waals surface area (Å²) < 4.78 is 6.35. The van der Waals surface area contributed by atoms with Gasteiger partial charge in [0.25, 0.3) is 0 Å². The summed E-state index contributed by atoms with van der Waals surface area (Å²) in [5, 5.41) is 0. The molecule has 4 aliphatic carbocycles. The van der Waals surface area contributed by atoms with Gasteiger partial charge in [0.2, 0.25) is 0 Å². The fraction of sp³-hybridized carbons (Fsp3) is 0.966. The molecule has 4 saturated carbocycles. The summed E-state index contributed by atoms with van der Waals surface area (Å²) in [4.78, 5) is 11.8. The van der Waals surface area contributed by atoms with Gasteiger partial charge in [-0.25, -0.2) is 0 Å². The zero-order valence-corrected chi connectivity index (χ0v) is 23.8. The molecule has 10 atom stereocenters. The van der Waals surface area contributed by atoms with E-state index >= 15 is 0 Å². The Morgan fingerprint density at radius 2 is 1.72 bits per heavy atom. The number of rotatable bonds is 6. The van der Waals surface area contributed by atoms with Crippen molar-refractivity contribution in [2.24, 2.45) is 52.3 Å². The van der Waals surface area contributed by atoms with Gasteiger partial charge in [0.05, 0.1) is 0 Å². The molecule has 0 aromatic heterocycles. The Balaban J connectivity index is 1.48. The summed E-state index contributed by atoms with van der Waals surface area (Å²) in [6.07, 6.45) is 15.4. The van der Waals surface area contributed by atoms with Crippen molar-refractivity contribution in [2.75, 3.05) is 0 Å². The highest BCUT2D eigenvalue weighted by atomic mass is 127. The predicted molar refractivity (Wildman–Crippen MR) is 142 cm³/mol. The summed E-state index contributed by atoms with van der Waals surface area (Å²) in [5.41, 5.74) is 0.935. The van der Waals surface area contributed by atoms with Crippen LogP contribution in [0.1, 0.15) is 112 Å². The van der Waals surface area contributed by atoms with Crippen LogP contribution in [0.25, 0.3) is 0 Å². The number of alkyl halides is 1. The van der Waals surface area contributed by atoms with Crippen molar-refractivity contribution in [3.05, 3.63) is 0 Å². The lowest BCUT2D eigenvalue weighted by atomic mass is 9.44. The van der Waals surface area contributed by atoms with Crippen LogP contribution in [0.4, 0.5) is 0 Å². The number of carbonyl (C=O) groups excluding carboxylic acids is 1. The lowest BCUT2D eigenvalue weighted by Gasteiger charge is -2.62. The Hall–Kier alpha value is 0.200. The maximum absolute atomic E-state index is 11.8. The molecule has 0 N–H and O–H groups in total. The van der Waals surface area contributed by atoms with E-state index in [0.29, 0.717) is 14.8 Å². The van der Waals surface area contributed by atoms with E-state index in [0.717, 1.165) is 47.8 Å². The van der Waals surface area contributed by atoms with Crippen LogP contribution in [0.2, 0.25) is 0 Å². The van der Waals surface area contributed by atoms with E-state index in [4.69, 9.17) is 4.74 Å². The molecule has 0 radical (unpaired) electrons. The Morgan fingerprint density at radius 3 is 2.41 bits per heavy atom. The lowest BCUT2D eigenvalue weighted by Crippen LogP contribution is -2.56. The first-order valence-electron chi connectivity index (χ1n) is 13.9. The molecule has 0 amide bonds. The van der Waals surface area contributed by atoms with Crippen molar-refractivity contribution in [3.63, 3.8) is 0 Å². The molecule has 0 spiro atoms. The third-order valence-electron chi connectivity index (χ3n) is 11.1. The van der Waals surface area contributed by atoms with Gasteiger partial charge >= 0.3 is 5.97 Å². The minimum absolute atomic E-state index is 0.0904. The van der Waals surface area contributed by atoms with E-state index in [2.05, 4.69) is 57.2 Å². The van der Waals surface area contributed by atoms with Gasteiger partial charge in [-0.2, -0.15) is 0 Å². The van der Waals surface area contributed by atoms with Gasteiger partial charge in [-0.3, -0.25) is 4.79 Å². The second-order valence-corrected chi connectivity index (χ2v) is 14.9. The van der Waals surface area contributed by atoms with E-state index in [1.54, 1.807) is 6.92 Å². The summed E-state index contributed by atoms with van der Waals surface area (Å²) in [6, 6.07) is 0. The van der Waals surface area contributed by atoms with Crippen LogP contribution in [-0.4, -0.2) is 16.0 Å². The van der Waals surface area contributed by atoms with Crippen LogP contribution in [0.5, 0.6) is 0 Å². The molecule has 32 heavy (non-hydrogen) atoms. The maximum Gasteiger partial charge on any atom is 0.302 e. The first kappa shape index (κ1) is 25.3. The van der Waals surface area contributed by atoms with Crippen LogP contribution in [0.15, 0.2) is 0 Å². The number of halogens is 1. The lowest BCUT2D eigenvalue weighted by molar-refractivity contribution is -0.161. The van der Waals surface area contributed by atoms with Gasteiger partial charge in [0.15, 0.2) is 0 Å². The monoisotopic (exact) mass is 556 g/mol. The summed E-state index contributed by atoms with van der Waals surface area (Å²) >= 11 is 2.57. The summed E-state index contributed by atoms with van der Waals surface area (Å²) in [7, 11) is 0. The van der Waals surface area contributed by atoms with Crippen LogP contribution >= 0.6 is 22.6 Å². The first-order valence-corrected chi connectivity index (χ1v) is 15.1. The molecule has 2 nitrogen and oxygen atoms in total. The first-order chi connectivity index (χ1) is 15.1. The topological polar surface area (TPSA) is 26.3 Å². The smallest absolute Gasteiger partial charge is 0.302 e. The molecule has 0 heterocycles. The predicted octanol–water partition coefficient (Wildman–Crippen LogP) is 8.45. The molecule has 0 aliphatic heterocycles. The average Bonchev–Trinajstić information content (AvgIpc) is 3.05. The standard InChI is InChI=1S/C29H49IO2/c1-18(2)8-7-9-19(3)23-12-13-24-22-11-10-21-16-26(30)27(32-20(4)31)17-29(21,6)25(22)14-15-28(23,24)5/h18-19,21-27H,7-17H2,1-6H3. The van der Waals surface area contributed by atoms with Gasteiger partial charge in [0, 0.05) is 10.8 Å². The Morgan fingerprint density at radius 1 is 1.00 bits per heavy atom. The van der Waals surface area contributed by atoms with Crippen LogP contribution in [-0.2, 0) is 9.53 Å². The highest BCUT2D eigenvalue weighted by molar-refractivity contribution is 14.1. The molecule has 4 rings (SSSR count). The Labute approximate surface area is 211 Å². The molecule has 0 bridgehead atoms. The zero-order chi connectivity index (χ0) is 23.3. The fourth-order valence-electron chi connectivity index (χ4n) is 9.58. The van der Waals surface area contributed by atoms with E-state index < -0.39 is 0 Å². The Kier molecular flexibility index (Phi) is 7.66. The molecule has 4 fully saturated rings. The van der Waals surface area contributed by atoms with Crippen LogP contribution in [0, 0.1) is 52.3 Å². The molecule has 10 unspecified atom stereocenters. The second kappa shape index (κ2) is 9.69. The number of fused-ring (bicyclic) bond motifs is 5. The maximum atomic E-state index is 11.8. The zero-order valence-electron chi connectivity index (χ0n) is 21.7. The van der Waals surface area contributed by atoms with Gasteiger partial charge in [-0.15, -0.1) is 0 Å². The third-order valence-corrected chi connectivity index (χ3v) is 12.4. The largest absolute Gasteiger partial charge is 0.461 e. The SMILES string of the molecule is CC(=O)OC1CC2(C)C(CCC3C2CCC2(C)C(C(C)CCCC(C)C)CCC32)CC1I. The van der Waals surface area contributed by atoms with Crippen molar-refractivity contribution in [1.29, 1.82) is 0 Å². The molecular weight excluding hydrogens is 507 g/mol. The molecule has 4 aliphatic rings. The quantitative estimate of drug-likeness (QED) is 0.186.